The lowest BCUT2D eigenvalue weighted by atomic mass is 9.88. The van der Waals surface area contributed by atoms with E-state index in [9.17, 15) is 4.79 Å². The van der Waals surface area contributed by atoms with Gasteiger partial charge in [0, 0.05) is 38.6 Å². The number of likely N-dealkylation sites (N-methyl/N-ethyl adjacent to an activating group) is 2. The number of amides is 1. The van der Waals surface area contributed by atoms with Gasteiger partial charge >= 0.3 is 0 Å². The Morgan fingerprint density at radius 1 is 1.19 bits per heavy atom. The van der Waals surface area contributed by atoms with Gasteiger partial charge < -0.3 is 19.4 Å². The van der Waals surface area contributed by atoms with Gasteiger partial charge in [-0.2, -0.15) is 0 Å². The van der Waals surface area contributed by atoms with E-state index in [1.54, 1.807) is 7.11 Å². The first-order valence-electron chi connectivity index (χ1n) is 9.88. The van der Waals surface area contributed by atoms with E-state index in [1.807, 2.05) is 12.1 Å². The van der Waals surface area contributed by atoms with Crippen molar-refractivity contribution in [3.8, 4) is 5.75 Å². The van der Waals surface area contributed by atoms with Gasteiger partial charge in [0.1, 0.15) is 5.75 Å². The number of para-hydroxylation sites is 1. The number of ether oxygens (including phenoxy) is 1. The van der Waals surface area contributed by atoms with Gasteiger partial charge in [-0.25, -0.2) is 0 Å². The number of methoxy groups -OCH3 is 1. The number of rotatable bonds is 6. The van der Waals surface area contributed by atoms with Crippen molar-refractivity contribution in [2.75, 3.05) is 53.9 Å². The lowest BCUT2D eigenvalue weighted by Gasteiger charge is -2.33. The zero-order valence-corrected chi connectivity index (χ0v) is 16.5. The Labute approximate surface area is 157 Å². The summed E-state index contributed by atoms with van der Waals surface area (Å²) in [6.07, 6.45) is 3.90. The number of carbonyl (C=O) groups is 1. The van der Waals surface area contributed by atoms with E-state index >= 15 is 0 Å². The third-order valence-electron chi connectivity index (χ3n) is 6.09. The van der Waals surface area contributed by atoms with Crippen molar-refractivity contribution >= 4 is 5.91 Å². The molecule has 2 fully saturated rings. The van der Waals surface area contributed by atoms with Gasteiger partial charge in [0.2, 0.25) is 5.91 Å². The van der Waals surface area contributed by atoms with Crippen molar-refractivity contribution in [1.82, 2.24) is 14.7 Å². The molecule has 5 nitrogen and oxygen atoms in total. The highest BCUT2D eigenvalue weighted by atomic mass is 16.5. The van der Waals surface area contributed by atoms with Crippen LogP contribution < -0.4 is 4.74 Å². The molecule has 1 amide bonds. The van der Waals surface area contributed by atoms with E-state index in [4.69, 9.17) is 4.74 Å². The van der Waals surface area contributed by atoms with Crippen LogP contribution in [0.4, 0.5) is 0 Å². The van der Waals surface area contributed by atoms with Gasteiger partial charge in [-0.3, -0.25) is 4.79 Å². The molecule has 2 aliphatic heterocycles. The fourth-order valence-electron chi connectivity index (χ4n) is 4.33. The third-order valence-corrected chi connectivity index (χ3v) is 6.09. The van der Waals surface area contributed by atoms with Crippen molar-refractivity contribution in [3.63, 3.8) is 0 Å². The average Bonchev–Trinajstić information content (AvgIpc) is 3.12. The quantitative estimate of drug-likeness (QED) is 0.782. The molecule has 1 aromatic rings. The maximum atomic E-state index is 12.6. The second-order valence-electron chi connectivity index (χ2n) is 7.83. The van der Waals surface area contributed by atoms with Crippen LogP contribution in [0.3, 0.4) is 0 Å². The molecule has 0 radical (unpaired) electrons. The minimum Gasteiger partial charge on any atom is -0.496 e. The molecule has 26 heavy (non-hydrogen) atoms. The first kappa shape index (κ1) is 19.2. The smallest absolute Gasteiger partial charge is 0.223 e. The van der Waals surface area contributed by atoms with E-state index in [-0.39, 0.29) is 0 Å². The van der Waals surface area contributed by atoms with Crippen molar-refractivity contribution in [2.24, 2.45) is 0 Å². The Kier molecular flexibility index (Phi) is 6.54. The third kappa shape index (κ3) is 4.57. The van der Waals surface area contributed by atoms with Crippen molar-refractivity contribution in [3.05, 3.63) is 29.8 Å². The summed E-state index contributed by atoms with van der Waals surface area (Å²) in [5, 5.41) is 0. The molecule has 0 bridgehead atoms. The van der Waals surface area contributed by atoms with Crippen LogP contribution in [-0.4, -0.2) is 80.6 Å². The van der Waals surface area contributed by atoms with E-state index in [1.165, 1.54) is 18.5 Å². The molecule has 2 heterocycles. The summed E-state index contributed by atoms with van der Waals surface area (Å²) in [7, 11) is 6.06. The molecule has 2 saturated heterocycles. The Balaban J connectivity index is 1.45. The minimum absolute atomic E-state index is 0.307. The lowest BCUT2D eigenvalue weighted by molar-refractivity contribution is -0.132. The van der Waals surface area contributed by atoms with Gasteiger partial charge in [-0.15, -0.1) is 0 Å². The summed E-state index contributed by atoms with van der Waals surface area (Å²) >= 11 is 0. The standard InChI is InChI=1S/C21H33N3O2/c1-22-12-10-18(16-22)23(2)13-11-21(25)24-14-8-17(9-15-24)19-6-4-5-7-20(19)26-3/h4-7,17-18H,8-16H2,1-3H3. The lowest BCUT2D eigenvalue weighted by Crippen LogP contribution is -2.41. The minimum atomic E-state index is 0.307. The maximum absolute atomic E-state index is 12.6. The number of nitrogens with zero attached hydrogens (tertiary/aromatic N) is 3. The van der Waals surface area contributed by atoms with Crippen molar-refractivity contribution in [2.45, 2.75) is 37.6 Å². The molecule has 5 heteroatoms. The number of hydrogen-bond donors (Lipinski definition) is 0. The van der Waals surface area contributed by atoms with Crippen LogP contribution in [0.15, 0.2) is 24.3 Å². The van der Waals surface area contributed by atoms with E-state index in [0.717, 1.165) is 44.8 Å². The summed E-state index contributed by atoms with van der Waals surface area (Å²) in [6.45, 7) is 4.87. The first-order chi connectivity index (χ1) is 12.6. The Bertz CT molecular complexity index is 599. The highest BCUT2D eigenvalue weighted by Gasteiger charge is 2.27. The normalized spacial score (nSPS) is 22.2. The number of piperidine rings is 1. The number of benzene rings is 1. The number of hydrogen-bond acceptors (Lipinski definition) is 4. The summed E-state index contributed by atoms with van der Waals surface area (Å²) in [4.78, 5) is 19.4. The summed E-state index contributed by atoms with van der Waals surface area (Å²) in [5.74, 6) is 1.77. The molecular weight excluding hydrogens is 326 g/mol. The molecule has 0 spiro atoms. The number of carbonyl (C=O) groups excluding carboxylic acids is 1. The Hall–Kier alpha value is -1.59. The SMILES string of the molecule is COc1ccccc1C1CCN(C(=O)CCN(C)C2CCN(C)C2)CC1. The van der Waals surface area contributed by atoms with Gasteiger partial charge in [-0.1, -0.05) is 18.2 Å². The van der Waals surface area contributed by atoms with Crippen LogP contribution in [0, 0.1) is 0 Å². The van der Waals surface area contributed by atoms with Crippen LogP contribution >= 0.6 is 0 Å². The molecule has 2 aliphatic rings. The number of likely N-dealkylation sites (tertiary alicyclic amines) is 2. The first-order valence-corrected chi connectivity index (χ1v) is 9.88. The average molecular weight is 360 g/mol. The molecule has 1 aromatic carbocycles. The van der Waals surface area contributed by atoms with Crippen LogP contribution in [-0.2, 0) is 4.79 Å². The molecule has 0 aliphatic carbocycles. The topological polar surface area (TPSA) is 36.0 Å². The zero-order chi connectivity index (χ0) is 18.5. The predicted molar refractivity (Wildman–Crippen MR) is 105 cm³/mol. The van der Waals surface area contributed by atoms with Gasteiger partial charge in [0.25, 0.3) is 0 Å². The Morgan fingerprint density at radius 2 is 1.92 bits per heavy atom. The monoisotopic (exact) mass is 359 g/mol. The molecular formula is C21H33N3O2. The molecule has 3 rings (SSSR count). The maximum Gasteiger partial charge on any atom is 0.223 e. The van der Waals surface area contributed by atoms with Crippen molar-refractivity contribution < 1.29 is 9.53 Å². The van der Waals surface area contributed by atoms with E-state index < -0.39 is 0 Å². The molecule has 144 valence electrons. The van der Waals surface area contributed by atoms with Crippen LogP contribution in [0.5, 0.6) is 5.75 Å². The van der Waals surface area contributed by atoms with Crippen molar-refractivity contribution in [1.29, 1.82) is 0 Å². The fourth-order valence-corrected chi connectivity index (χ4v) is 4.33. The molecule has 1 unspecified atom stereocenters. The van der Waals surface area contributed by atoms with Crippen LogP contribution in [0.25, 0.3) is 0 Å². The summed E-state index contributed by atoms with van der Waals surface area (Å²) in [6, 6.07) is 8.88. The highest BCUT2D eigenvalue weighted by Crippen LogP contribution is 2.34. The fraction of sp³-hybridized carbons (Fsp3) is 0.667. The summed E-state index contributed by atoms with van der Waals surface area (Å²) in [5.41, 5.74) is 1.28. The molecule has 0 aromatic heterocycles. The van der Waals surface area contributed by atoms with Crippen LogP contribution in [0.2, 0.25) is 0 Å². The summed E-state index contributed by atoms with van der Waals surface area (Å²) < 4.78 is 5.50. The zero-order valence-electron chi connectivity index (χ0n) is 16.5. The van der Waals surface area contributed by atoms with Crippen LogP contribution in [0.1, 0.15) is 37.2 Å². The Morgan fingerprint density at radius 3 is 2.58 bits per heavy atom. The molecule has 0 saturated carbocycles. The molecule has 1 atom stereocenters. The second-order valence-corrected chi connectivity index (χ2v) is 7.83. The van der Waals surface area contributed by atoms with Gasteiger partial charge in [0.05, 0.1) is 7.11 Å². The predicted octanol–water partition coefficient (Wildman–Crippen LogP) is 2.43. The second kappa shape index (κ2) is 8.87. The van der Waals surface area contributed by atoms with Gasteiger partial charge in [-0.05, 0) is 57.5 Å². The highest BCUT2D eigenvalue weighted by molar-refractivity contribution is 5.76. The largest absolute Gasteiger partial charge is 0.496 e. The van der Waals surface area contributed by atoms with Gasteiger partial charge in [0.15, 0.2) is 0 Å². The molecule has 0 N–H and O–H groups in total. The van der Waals surface area contributed by atoms with E-state index in [0.29, 0.717) is 24.3 Å². The van der Waals surface area contributed by atoms with E-state index in [2.05, 4.69) is 40.9 Å².